The molecule has 0 saturated carbocycles. The van der Waals surface area contributed by atoms with Gasteiger partial charge in [0.05, 0.1) is 27.4 Å². The predicted octanol–water partition coefficient (Wildman–Crippen LogP) is 5.00. The van der Waals surface area contributed by atoms with Gasteiger partial charge in [-0.2, -0.15) is 5.26 Å². The zero-order valence-electron chi connectivity index (χ0n) is 14.9. The molecule has 0 spiro atoms. The van der Waals surface area contributed by atoms with Crippen molar-refractivity contribution in [3.8, 4) is 6.07 Å². The van der Waals surface area contributed by atoms with Crippen LogP contribution in [0.4, 0.5) is 5.69 Å². The van der Waals surface area contributed by atoms with Crippen LogP contribution in [0, 0.1) is 21.8 Å². The summed E-state index contributed by atoms with van der Waals surface area (Å²) in [4.78, 5) is 17.0. The Morgan fingerprint density at radius 1 is 1.25 bits per heavy atom. The van der Waals surface area contributed by atoms with Crippen LogP contribution in [-0.2, 0) is 4.79 Å². The molecule has 4 aromatic rings. The maximum atomic E-state index is 12.4. The number of nitrogens with zero attached hydrogens (tertiary/aromatic N) is 3. The molecule has 1 N–H and O–H groups in total. The standard InChI is InChI=1S/C21H15IN4OS/c1-13-10-20(28-12-19(27)24-15-8-6-14(22)7-9-15)26-18-5-3-2-4-17(18)25-21(26)16(13)11-23/h2-10H,12H2,1H3,(H,24,27). The first kappa shape index (κ1) is 18.8. The third kappa shape index (κ3) is 3.57. The van der Waals surface area contributed by atoms with Crippen LogP contribution in [0.15, 0.2) is 59.6 Å². The molecule has 2 aromatic heterocycles. The van der Waals surface area contributed by atoms with Crippen molar-refractivity contribution in [3.63, 3.8) is 0 Å². The second-order valence-corrected chi connectivity index (χ2v) is 8.50. The van der Waals surface area contributed by atoms with E-state index in [1.165, 1.54) is 11.8 Å². The molecule has 0 radical (unpaired) electrons. The lowest BCUT2D eigenvalue weighted by Gasteiger charge is -2.10. The van der Waals surface area contributed by atoms with Gasteiger partial charge < -0.3 is 5.32 Å². The first-order valence-corrected chi connectivity index (χ1v) is 10.6. The van der Waals surface area contributed by atoms with Gasteiger partial charge in [-0.3, -0.25) is 9.20 Å². The van der Waals surface area contributed by atoms with Gasteiger partial charge in [-0.25, -0.2) is 4.98 Å². The molecule has 2 heterocycles. The molecule has 0 atom stereocenters. The summed E-state index contributed by atoms with van der Waals surface area (Å²) in [5, 5.41) is 13.4. The molecule has 0 aliphatic carbocycles. The number of hydrogen-bond acceptors (Lipinski definition) is 4. The number of para-hydroxylation sites is 2. The van der Waals surface area contributed by atoms with Crippen LogP contribution < -0.4 is 5.32 Å². The molecule has 0 fully saturated rings. The molecular formula is C21H15IN4OS. The number of imidazole rings is 1. The van der Waals surface area contributed by atoms with Gasteiger partial charge in [0.1, 0.15) is 6.07 Å². The number of nitriles is 1. The van der Waals surface area contributed by atoms with Crippen molar-refractivity contribution in [2.75, 3.05) is 11.1 Å². The van der Waals surface area contributed by atoms with Gasteiger partial charge in [0.25, 0.3) is 0 Å². The minimum Gasteiger partial charge on any atom is -0.325 e. The van der Waals surface area contributed by atoms with Crippen molar-refractivity contribution in [3.05, 3.63) is 69.3 Å². The van der Waals surface area contributed by atoms with E-state index in [-0.39, 0.29) is 11.7 Å². The first-order chi connectivity index (χ1) is 13.6. The third-order valence-electron chi connectivity index (χ3n) is 4.33. The Morgan fingerprint density at radius 2 is 2.00 bits per heavy atom. The van der Waals surface area contributed by atoms with E-state index in [4.69, 9.17) is 0 Å². The Labute approximate surface area is 179 Å². The summed E-state index contributed by atoms with van der Waals surface area (Å²) in [6, 6.07) is 19.7. The molecule has 0 aliphatic rings. The van der Waals surface area contributed by atoms with Crippen LogP contribution in [-0.4, -0.2) is 21.0 Å². The van der Waals surface area contributed by atoms with Gasteiger partial charge in [-0.1, -0.05) is 23.9 Å². The fourth-order valence-corrected chi connectivity index (χ4v) is 4.31. The van der Waals surface area contributed by atoms with Gasteiger partial charge in [-0.05, 0) is 77.5 Å². The number of aryl methyl sites for hydroxylation is 1. The van der Waals surface area contributed by atoms with Gasteiger partial charge in [0.2, 0.25) is 5.91 Å². The van der Waals surface area contributed by atoms with Crippen LogP contribution in [0.1, 0.15) is 11.1 Å². The van der Waals surface area contributed by atoms with Gasteiger partial charge in [0, 0.05) is 9.26 Å². The third-order valence-corrected chi connectivity index (χ3v) is 6.05. The average Bonchev–Trinajstić information content (AvgIpc) is 3.07. The Morgan fingerprint density at radius 3 is 2.75 bits per heavy atom. The monoisotopic (exact) mass is 498 g/mol. The molecule has 5 nitrogen and oxygen atoms in total. The zero-order chi connectivity index (χ0) is 19.7. The molecule has 7 heteroatoms. The molecule has 138 valence electrons. The number of nitrogens with one attached hydrogen (secondary N) is 1. The number of thioether (sulfide) groups is 1. The second-order valence-electron chi connectivity index (χ2n) is 6.26. The molecule has 0 aliphatic heterocycles. The van der Waals surface area contributed by atoms with E-state index < -0.39 is 0 Å². The van der Waals surface area contributed by atoms with Gasteiger partial charge >= 0.3 is 0 Å². The number of carbonyl (C=O) groups is 1. The number of hydrogen-bond donors (Lipinski definition) is 1. The Hall–Kier alpha value is -2.57. The molecule has 0 unspecified atom stereocenters. The molecule has 2 aromatic carbocycles. The quantitative estimate of drug-likeness (QED) is 0.318. The van der Waals surface area contributed by atoms with Crippen molar-refractivity contribution >= 4 is 62.6 Å². The fourth-order valence-electron chi connectivity index (χ4n) is 3.03. The predicted molar refractivity (Wildman–Crippen MR) is 121 cm³/mol. The molecule has 0 saturated heterocycles. The number of halogens is 1. The van der Waals surface area contributed by atoms with Gasteiger partial charge in [-0.15, -0.1) is 0 Å². The van der Waals surface area contributed by atoms with Crippen LogP contribution in [0.25, 0.3) is 16.7 Å². The number of fused-ring (bicyclic) bond motifs is 3. The van der Waals surface area contributed by atoms with Crippen LogP contribution >= 0.6 is 34.4 Å². The van der Waals surface area contributed by atoms with Crippen molar-refractivity contribution in [2.45, 2.75) is 11.9 Å². The number of amides is 1. The highest BCUT2D eigenvalue weighted by molar-refractivity contribution is 14.1. The summed E-state index contributed by atoms with van der Waals surface area (Å²) >= 11 is 3.66. The highest BCUT2D eigenvalue weighted by Gasteiger charge is 2.16. The molecule has 28 heavy (non-hydrogen) atoms. The zero-order valence-corrected chi connectivity index (χ0v) is 17.9. The van der Waals surface area contributed by atoms with Crippen molar-refractivity contribution in [2.24, 2.45) is 0 Å². The van der Waals surface area contributed by atoms with E-state index >= 15 is 0 Å². The van der Waals surface area contributed by atoms with E-state index in [2.05, 4.69) is 39.0 Å². The highest BCUT2D eigenvalue weighted by Crippen LogP contribution is 2.29. The number of aromatic nitrogens is 2. The van der Waals surface area contributed by atoms with Crippen LogP contribution in [0.3, 0.4) is 0 Å². The second kappa shape index (κ2) is 7.81. The number of benzene rings is 2. The number of rotatable bonds is 4. The Kier molecular flexibility index (Phi) is 5.24. The van der Waals surface area contributed by atoms with E-state index in [1.807, 2.05) is 65.9 Å². The van der Waals surface area contributed by atoms with Crippen molar-refractivity contribution < 1.29 is 4.79 Å². The molecule has 0 bridgehead atoms. The van der Waals surface area contributed by atoms with E-state index in [9.17, 15) is 10.1 Å². The van der Waals surface area contributed by atoms with Crippen molar-refractivity contribution in [1.82, 2.24) is 9.38 Å². The number of carbonyl (C=O) groups excluding carboxylic acids is 1. The maximum Gasteiger partial charge on any atom is 0.234 e. The fraction of sp³-hybridized carbons (Fsp3) is 0.0952. The summed E-state index contributed by atoms with van der Waals surface area (Å²) in [5.41, 5.74) is 4.57. The number of pyridine rings is 1. The van der Waals surface area contributed by atoms with E-state index in [1.54, 1.807) is 0 Å². The lowest BCUT2D eigenvalue weighted by atomic mass is 10.2. The Balaban J connectivity index is 1.66. The smallest absolute Gasteiger partial charge is 0.234 e. The normalized spacial score (nSPS) is 10.9. The SMILES string of the molecule is Cc1cc(SCC(=O)Nc2ccc(I)cc2)n2c(nc3ccccc32)c1C#N. The minimum atomic E-state index is -0.0780. The molecule has 1 amide bonds. The first-order valence-electron chi connectivity index (χ1n) is 8.56. The lowest BCUT2D eigenvalue weighted by molar-refractivity contribution is -0.113. The largest absolute Gasteiger partial charge is 0.325 e. The summed E-state index contributed by atoms with van der Waals surface area (Å²) in [7, 11) is 0. The van der Waals surface area contributed by atoms with Crippen LogP contribution in [0.2, 0.25) is 0 Å². The van der Waals surface area contributed by atoms with Crippen molar-refractivity contribution in [1.29, 1.82) is 5.26 Å². The number of anilines is 1. The summed E-state index contributed by atoms with van der Waals surface area (Å²) in [6.45, 7) is 1.90. The maximum absolute atomic E-state index is 12.4. The van der Waals surface area contributed by atoms with Crippen LogP contribution in [0.5, 0.6) is 0 Å². The topological polar surface area (TPSA) is 70.2 Å². The summed E-state index contributed by atoms with van der Waals surface area (Å²) in [6.07, 6.45) is 0. The summed E-state index contributed by atoms with van der Waals surface area (Å²) in [5.74, 6) is 0.185. The summed E-state index contributed by atoms with van der Waals surface area (Å²) < 4.78 is 3.08. The lowest BCUT2D eigenvalue weighted by Crippen LogP contribution is -2.14. The molecule has 4 rings (SSSR count). The Bertz CT molecular complexity index is 1240. The average molecular weight is 498 g/mol. The van der Waals surface area contributed by atoms with Gasteiger partial charge in [0.15, 0.2) is 5.65 Å². The van der Waals surface area contributed by atoms with E-state index in [0.717, 1.165) is 30.9 Å². The molecular weight excluding hydrogens is 483 g/mol. The highest BCUT2D eigenvalue weighted by atomic mass is 127. The minimum absolute atomic E-state index is 0.0780. The van der Waals surface area contributed by atoms with E-state index in [0.29, 0.717) is 11.2 Å².